The lowest BCUT2D eigenvalue weighted by Crippen LogP contribution is -2.68. The van der Waals surface area contributed by atoms with Crippen molar-refractivity contribution >= 4 is 23.6 Å². The predicted octanol–water partition coefficient (Wildman–Crippen LogP) is -0.698. The van der Waals surface area contributed by atoms with Crippen LogP contribution in [0.2, 0.25) is 0 Å². The molecule has 0 bridgehead atoms. The van der Waals surface area contributed by atoms with Crippen LogP contribution in [-0.2, 0) is 19.1 Å². The molecule has 1 amide bonds. The van der Waals surface area contributed by atoms with Gasteiger partial charge in [-0.3, -0.25) is 9.69 Å². The van der Waals surface area contributed by atoms with E-state index in [0.29, 0.717) is 18.1 Å². The highest BCUT2D eigenvalue weighted by molar-refractivity contribution is 8.00. The molecule has 7 heteroatoms. The molecule has 0 aromatic carbocycles. The molecule has 0 aromatic rings. The van der Waals surface area contributed by atoms with Gasteiger partial charge in [-0.25, -0.2) is 4.79 Å². The fourth-order valence-electron chi connectivity index (χ4n) is 1.95. The number of nitrogens with two attached hydrogens (primary N) is 1. The second-order valence-electron chi connectivity index (χ2n) is 3.81. The molecule has 0 saturated carbocycles. The second kappa shape index (κ2) is 4.67. The summed E-state index contributed by atoms with van der Waals surface area (Å²) in [5.41, 5.74) is 6.74. The van der Waals surface area contributed by atoms with Crippen LogP contribution in [0.1, 0.15) is 0 Å². The summed E-state index contributed by atoms with van der Waals surface area (Å²) in [6, 6.07) is -0.524. The Morgan fingerprint density at radius 3 is 2.88 bits per heavy atom. The minimum absolute atomic E-state index is 0.155. The van der Waals surface area contributed by atoms with Crippen molar-refractivity contribution in [3.05, 3.63) is 11.3 Å². The van der Waals surface area contributed by atoms with Crippen molar-refractivity contribution in [1.82, 2.24) is 4.90 Å². The maximum Gasteiger partial charge on any atom is 0.354 e. The van der Waals surface area contributed by atoms with Crippen molar-refractivity contribution < 1.29 is 19.1 Å². The van der Waals surface area contributed by atoms with E-state index in [2.05, 4.69) is 0 Å². The average Bonchev–Trinajstić information content (AvgIpc) is 2.36. The lowest BCUT2D eigenvalue weighted by Gasteiger charge is -2.48. The SMILES string of the molecule is COCC1=C(C(=O)OC)N2C(=O)C(N)C2SC1. The molecule has 2 atom stereocenters. The van der Waals surface area contributed by atoms with Crippen LogP contribution in [-0.4, -0.2) is 54.8 Å². The molecule has 2 unspecified atom stereocenters. The number of esters is 1. The van der Waals surface area contributed by atoms with Gasteiger partial charge in [0.2, 0.25) is 5.91 Å². The summed E-state index contributed by atoms with van der Waals surface area (Å²) in [4.78, 5) is 24.8. The quantitative estimate of drug-likeness (QED) is 0.532. The molecule has 94 valence electrons. The Kier molecular flexibility index (Phi) is 3.41. The van der Waals surface area contributed by atoms with Crippen molar-refractivity contribution in [1.29, 1.82) is 0 Å². The number of ether oxygens (including phenoxy) is 2. The molecule has 0 radical (unpaired) electrons. The van der Waals surface area contributed by atoms with E-state index >= 15 is 0 Å². The summed E-state index contributed by atoms with van der Waals surface area (Å²) >= 11 is 1.54. The number of amides is 1. The van der Waals surface area contributed by atoms with E-state index in [-0.39, 0.29) is 11.3 Å². The van der Waals surface area contributed by atoms with Crippen LogP contribution in [0, 0.1) is 0 Å². The van der Waals surface area contributed by atoms with Crippen LogP contribution in [0.15, 0.2) is 11.3 Å². The maximum absolute atomic E-state index is 11.7. The number of rotatable bonds is 3. The molecule has 6 nitrogen and oxygen atoms in total. The van der Waals surface area contributed by atoms with E-state index in [1.54, 1.807) is 7.11 Å². The topological polar surface area (TPSA) is 81.9 Å². The van der Waals surface area contributed by atoms with Gasteiger partial charge in [-0.1, -0.05) is 0 Å². The highest BCUT2D eigenvalue weighted by Gasteiger charge is 2.51. The Balaban J connectivity index is 2.34. The number of methoxy groups -OCH3 is 2. The molecule has 0 aliphatic carbocycles. The largest absolute Gasteiger partial charge is 0.464 e. The van der Waals surface area contributed by atoms with E-state index in [1.807, 2.05) is 0 Å². The fraction of sp³-hybridized carbons (Fsp3) is 0.600. The number of hydrogen-bond acceptors (Lipinski definition) is 6. The van der Waals surface area contributed by atoms with E-state index in [4.69, 9.17) is 15.2 Å². The van der Waals surface area contributed by atoms with Crippen molar-refractivity contribution in [2.24, 2.45) is 5.73 Å². The number of β-lactam (4-membered cyclic amide) rings is 1. The number of hydrogen-bond donors (Lipinski definition) is 1. The number of carbonyl (C=O) groups excluding carboxylic acids is 2. The number of carbonyl (C=O) groups is 2. The zero-order valence-corrected chi connectivity index (χ0v) is 10.5. The summed E-state index contributed by atoms with van der Waals surface area (Å²) in [5.74, 6) is -0.126. The Morgan fingerprint density at radius 1 is 1.59 bits per heavy atom. The summed E-state index contributed by atoms with van der Waals surface area (Å²) in [5, 5.41) is -0.155. The Hall–Kier alpha value is -1.05. The molecule has 2 N–H and O–H groups in total. The monoisotopic (exact) mass is 258 g/mol. The Bertz CT molecular complexity index is 396. The van der Waals surface area contributed by atoms with Gasteiger partial charge in [-0.2, -0.15) is 0 Å². The van der Waals surface area contributed by atoms with Crippen molar-refractivity contribution in [3.8, 4) is 0 Å². The van der Waals surface area contributed by atoms with E-state index < -0.39 is 12.0 Å². The van der Waals surface area contributed by atoms with Crippen LogP contribution >= 0.6 is 11.8 Å². The standard InChI is InChI=1S/C10H14N2O4S/c1-15-3-5-4-17-9-6(11)8(13)12(9)7(5)10(14)16-2/h6,9H,3-4,11H2,1-2H3. The maximum atomic E-state index is 11.7. The van der Waals surface area contributed by atoms with Crippen LogP contribution in [0.4, 0.5) is 0 Å². The van der Waals surface area contributed by atoms with Crippen LogP contribution in [0.3, 0.4) is 0 Å². The van der Waals surface area contributed by atoms with E-state index in [9.17, 15) is 9.59 Å². The number of fused-ring (bicyclic) bond motifs is 1. The molecular weight excluding hydrogens is 244 g/mol. The summed E-state index contributed by atoms with van der Waals surface area (Å²) in [6.07, 6.45) is 0. The minimum Gasteiger partial charge on any atom is -0.464 e. The molecule has 1 saturated heterocycles. The molecular formula is C10H14N2O4S. The lowest BCUT2D eigenvalue weighted by atomic mass is 10.0. The van der Waals surface area contributed by atoms with Crippen LogP contribution in [0.5, 0.6) is 0 Å². The first kappa shape index (κ1) is 12.4. The first-order valence-corrected chi connectivity index (χ1v) is 6.16. The molecule has 2 rings (SSSR count). The van der Waals surface area contributed by atoms with Gasteiger partial charge in [0.15, 0.2) is 0 Å². The van der Waals surface area contributed by atoms with Gasteiger partial charge >= 0.3 is 5.97 Å². The second-order valence-corrected chi connectivity index (χ2v) is 4.92. The zero-order valence-electron chi connectivity index (χ0n) is 9.63. The highest BCUT2D eigenvalue weighted by Crippen LogP contribution is 2.39. The van der Waals surface area contributed by atoms with Crippen molar-refractivity contribution in [3.63, 3.8) is 0 Å². The molecule has 0 spiro atoms. The van der Waals surface area contributed by atoms with Gasteiger partial charge in [0.05, 0.1) is 13.7 Å². The number of thioether (sulfide) groups is 1. The first-order valence-electron chi connectivity index (χ1n) is 5.11. The van der Waals surface area contributed by atoms with Gasteiger partial charge in [0.1, 0.15) is 17.1 Å². The molecule has 2 heterocycles. The third-order valence-corrected chi connectivity index (χ3v) is 4.15. The molecule has 17 heavy (non-hydrogen) atoms. The fourth-order valence-corrected chi connectivity index (χ4v) is 3.22. The van der Waals surface area contributed by atoms with E-state index in [1.165, 1.54) is 23.8 Å². The average molecular weight is 258 g/mol. The third-order valence-electron chi connectivity index (χ3n) is 2.79. The van der Waals surface area contributed by atoms with Crippen LogP contribution < -0.4 is 5.73 Å². The molecule has 2 aliphatic rings. The predicted molar refractivity (Wildman–Crippen MR) is 62.0 cm³/mol. The van der Waals surface area contributed by atoms with Gasteiger partial charge in [0, 0.05) is 12.9 Å². The number of nitrogens with zero attached hydrogens (tertiary/aromatic N) is 1. The summed E-state index contributed by atoms with van der Waals surface area (Å²) in [7, 11) is 2.84. The smallest absolute Gasteiger partial charge is 0.354 e. The first-order chi connectivity index (χ1) is 8.11. The minimum atomic E-state index is -0.524. The van der Waals surface area contributed by atoms with Gasteiger partial charge < -0.3 is 15.2 Å². The van der Waals surface area contributed by atoms with Crippen molar-refractivity contribution in [2.45, 2.75) is 11.4 Å². The summed E-state index contributed by atoms with van der Waals surface area (Å²) < 4.78 is 9.73. The van der Waals surface area contributed by atoms with Crippen molar-refractivity contribution in [2.75, 3.05) is 26.6 Å². The Morgan fingerprint density at radius 2 is 2.29 bits per heavy atom. The lowest BCUT2D eigenvalue weighted by molar-refractivity contribution is -0.149. The molecule has 1 fully saturated rings. The van der Waals surface area contributed by atoms with Gasteiger partial charge in [-0.05, 0) is 5.57 Å². The third kappa shape index (κ3) is 1.84. The Labute approximate surface area is 103 Å². The van der Waals surface area contributed by atoms with Gasteiger partial charge in [0.25, 0.3) is 0 Å². The molecule has 2 aliphatic heterocycles. The van der Waals surface area contributed by atoms with Crippen LogP contribution in [0.25, 0.3) is 0 Å². The highest BCUT2D eigenvalue weighted by atomic mass is 32.2. The molecule has 0 aromatic heterocycles. The summed E-state index contributed by atoms with van der Waals surface area (Å²) in [6.45, 7) is 0.309. The van der Waals surface area contributed by atoms with E-state index in [0.717, 1.165) is 5.57 Å². The normalized spacial score (nSPS) is 27.7. The zero-order chi connectivity index (χ0) is 12.6. The van der Waals surface area contributed by atoms with Gasteiger partial charge in [-0.15, -0.1) is 11.8 Å².